The summed E-state index contributed by atoms with van der Waals surface area (Å²) >= 11 is 0. The highest BCUT2D eigenvalue weighted by Crippen LogP contribution is 2.58. The molecule has 0 radical (unpaired) electrons. The van der Waals surface area contributed by atoms with E-state index in [1.165, 1.54) is 38.5 Å². The lowest BCUT2D eigenvalue weighted by molar-refractivity contribution is -0.00437. The third kappa shape index (κ3) is 2.09. The van der Waals surface area contributed by atoms with Gasteiger partial charge in [-0.25, -0.2) is 0 Å². The van der Waals surface area contributed by atoms with Crippen LogP contribution < -0.4 is 5.73 Å². The average Bonchev–Trinajstić information content (AvgIpc) is 2.37. The number of fused-ring (bicyclic) bond motifs is 3. The predicted octanol–water partition coefficient (Wildman–Crippen LogP) is 4.83. The molecule has 0 saturated heterocycles. The molecule has 1 nitrogen and oxygen atoms in total. The molecule has 2 N–H and O–H groups in total. The molecule has 0 aromatic heterocycles. The fraction of sp³-hybridized carbons (Fsp3) is 0.789. The summed E-state index contributed by atoms with van der Waals surface area (Å²) < 4.78 is 0. The summed E-state index contributed by atoms with van der Waals surface area (Å²) in [6, 6.07) is 0. The first-order valence-corrected chi connectivity index (χ1v) is 8.54. The van der Waals surface area contributed by atoms with Crippen molar-refractivity contribution >= 4 is 0 Å². The molecule has 112 valence electrons. The third-order valence-electron chi connectivity index (χ3n) is 6.63. The molecule has 3 rings (SSSR count). The van der Waals surface area contributed by atoms with Gasteiger partial charge in [0.15, 0.2) is 0 Å². The maximum absolute atomic E-state index is 6.67. The zero-order chi connectivity index (χ0) is 14.5. The number of hydrogen-bond acceptors (Lipinski definition) is 1. The summed E-state index contributed by atoms with van der Waals surface area (Å²) in [4.78, 5) is 0. The molecular weight excluding hydrogens is 242 g/mol. The van der Waals surface area contributed by atoms with Gasteiger partial charge in [0.25, 0.3) is 0 Å². The lowest BCUT2D eigenvalue weighted by Gasteiger charge is -2.57. The van der Waals surface area contributed by atoms with E-state index in [1.54, 1.807) is 11.1 Å². The molecule has 0 spiro atoms. The van der Waals surface area contributed by atoms with Crippen molar-refractivity contribution in [1.29, 1.82) is 0 Å². The van der Waals surface area contributed by atoms with Crippen molar-refractivity contribution in [2.45, 2.75) is 71.8 Å². The molecule has 0 aromatic rings. The Hall–Kier alpha value is -0.560. The molecule has 0 aliphatic heterocycles. The molecule has 20 heavy (non-hydrogen) atoms. The Bertz CT molecular complexity index is 454. The number of allylic oxidation sites excluding steroid dienone is 4. The van der Waals surface area contributed by atoms with Gasteiger partial charge < -0.3 is 5.73 Å². The van der Waals surface area contributed by atoms with Crippen molar-refractivity contribution in [3.05, 3.63) is 23.3 Å². The lowest BCUT2D eigenvalue weighted by Crippen LogP contribution is -2.57. The van der Waals surface area contributed by atoms with Crippen molar-refractivity contribution in [3.8, 4) is 0 Å². The fourth-order valence-electron chi connectivity index (χ4n) is 5.39. The van der Waals surface area contributed by atoms with E-state index in [-0.39, 0.29) is 5.54 Å². The second-order valence-corrected chi connectivity index (χ2v) is 8.32. The molecule has 1 fully saturated rings. The van der Waals surface area contributed by atoms with Crippen LogP contribution in [0.15, 0.2) is 23.3 Å². The average molecular weight is 273 g/mol. The van der Waals surface area contributed by atoms with E-state index < -0.39 is 0 Å². The summed E-state index contributed by atoms with van der Waals surface area (Å²) in [7, 11) is 0. The summed E-state index contributed by atoms with van der Waals surface area (Å²) in [5.41, 5.74) is 10.4. The fourth-order valence-corrected chi connectivity index (χ4v) is 5.39. The van der Waals surface area contributed by atoms with E-state index in [9.17, 15) is 0 Å². The Morgan fingerprint density at radius 2 is 2.00 bits per heavy atom. The van der Waals surface area contributed by atoms with Crippen LogP contribution in [0.25, 0.3) is 0 Å². The molecule has 0 heterocycles. The second kappa shape index (κ2) is 4.73. The summed E-state index contributed by atoms with van der Waals surface area (Å²) in [6.07, 6.45) is 12.8. The van der Waals surface area contributed by atoms with Gasteiger partial charge in [-0.3, -0.25) is 0 Å². The Balaban J connectivity index is 1.97. The van der Waals surface area contributed by atoms with E-state index in [1.807, 2.05) is 0 Å². The Labute approximate surface area is 124 Å². The minimum absolute atomic E-state index is 0.0388. The van der Waals surface area contributed by atoms with Gasteiger partial charge in [0.05, 0.1) is 0 Å². The SMILES string of the molecule is CC(C)C1=CC2=CC[C@H]3[C@@](C)(CCC[C@@]3(C)N)[C@@H]2CC1. The quantitative estimate of drug-likeness (QED) is 0.727. The van der Waals surface area contributed by atoms with Crippen molar-refractivity contribution in [2.75, 3.05) is 0 Å². The van der Waals surface area contributed by atoms with Crippen molar-refractivity contribution in [2.24, 2.45) is 28.9 Å². The maximum atomic E-state index is 6.67. The van der Waals surface area contributed by atoms with Gasteiger partial charge in [0.1, 0.15) is 0 Å². The Kier molecular flexibility index (Phi) is 3.40. The first-order chi connectivity index (χ1) is 9.34. The molecule has 4 atom stereocenters. The summed E-state index contributed by atoms with van der Waals surface area (Å²) in [6.45, 7) is 9.50. The predicted molar refractivity (Wildman–Crippen MR) is 86.4 cm³/mol. The lowest BCUT2D eigenvalue weighted by atomic mass is 9.49. The van der Waals surface area contributed by atoms with Crippen LogP contribution >= 0.6 is 0 Å². The van der Waals surface area contributed by atoms with Crippen LogP contribution in [0, 0.1) is 23.2 Å². The van der Waals surface area contributed by atoms with Gasteiger partial charge in [-0.2, -0.15) is 0 Å². The molecule has 1 heteroatoms. The second-order valence-electron chi connectivity index (χ2n) is 8.32. The number of nitrogens with two attached hydrogens (primary N) is 1. The Morgan fingerprint density at radius 3 is 2.70 bits per heavy atom. The maximum Gasteiger partial charge on any atom is 0.0162 e. The molecule has 0 aromatic carbocycles. The minimum atomic E-state index is 0.0388. The highest BCUT2D eigenvalue weighted by molar-refractivity contribution is 5.35. The normalized spacial score (nSPS) is 44.5. The van der Waals surface area contributed by atoms with E-state index >= 15 is 0 Å². The van der Waals surface area contributed by atoms with Gasteiger partial charge in [0.2, 0.25) is 0 Å². The zero-order valence-corrected chi connectivity index (χ0v) is 13.7. The highest BCUT2D eigenvalue weighted by atomic mass is 14.8. The van der Waals surface area contributed by atoms with E-state index in [0.717, 1.165) is 5.92 Å². The molecule has 3 aliphatic carbocycles. The molecule has 0 amide bonds. The van der Waals surface area contributed by atoms with E-state index in [0.29, 0.717) is 17.3 Å². The van der Waals surface area contributed by atoms with Crippen molar-refractivity contribution in [1.82, 2.24) is 0 Å². The first kappa shape index (κ1) is 14.4. The van der Waals surface area contributed by atoms with Crippen LogP contribution in [0.3, 0.4) is 0 Å². The van der Waals surface area contributed by atoms with E-state index in [4.69, 9.17) is 5.73 Å². The first-order valence-electron chi connectivity index (χ1n) is 8.54. The summed E-state index contributed by atoms with van der Waals surface area (Å²) in [5, 5.41) is 0. The number of rotatable bonds is 1. The molecule has 0 unspecified atom stereocenters. The van der Waals surface area contributed by atoms with Gasteiger partial charge in [-0.1, -0.05) is 44.9 Å². The largest absolute Gasteiger partial charge is 0.325 e. The Morgan fingerprint density at radius 1 is 1.25 bits per heavy atom. The van der Waals surface area contributed by atoms with Crippen LogP contribution in [0.2, 0.25) is 0 Å². The van der Waals surface area contributed by atoms with Gasteiger partial charge in [-0.05, 0) is 67.8 Å². The highest BCUT2D eigenvalue weighted by Gasteiger charge is 2.52. The van der Waals surface area contributed by atoms with Gasteiger partial charge in [-0.15, -0.1) is 0 Å². The van der Waals surface area contributed by atoms with E-state index in [2.05, 4.69) is 39.8 Å². The molecular formula is C19H31N. The van der Waals surface area contributed by atoms with Crippen LogP contribution in [0.5, 0.6) is 0 Å². The molecule has 1 saturated carbocycles. The topological polar surface area (TPSA) is 26.0 Å². The molecule has 3 aliphatic rings. The van der Waals surface area contributed by atoms with Gasteiger partial charge >= 0.3 is 0 Å². The monoisotopic (exact) mass is 273 g/mol. The van der Waals surface area contributed by atoms with Crippen LogP contribution in [-0.4, -0.2) is 5.54 Å². The zero-order valence-electron chi connectivity index (χ0n) is 13.7. The van der Waals surface area contributed by atoms with Crippen LogP contribution in [0.4, 0.5) is 0 Å². The third-order valence-corrected chi connectivity index (χ3v) is 6.63. The number of hydrogen-bond donors (Lipinski definition) is 1. The smallest absolute Gasteiger partial charge is 0.0162 e. The minimum Gasteiger partial charge on any atom is -0.325 e. The standard InChI is InChI=1S/C19H31N/c1-13(2)14-6-8-16-15(12-14)7-9-17-18(16,3)10-5-11-19(17,4)20/h7,12-13,16-17H,5-6,8-11,20H2,1-4H3/t16-,17+,18+,19-/m1/s1. The van der Waals surface area contributed by atoms with Gasteiger partial charge in [0, 0.05) is 5.54 Å². The van der Waals surface area contributed by atoms with Crippen LogP contribution in [0.1, 0.15) is 66.2 Å². The molecule has 0 bridgehead atoms. The van der Waals surface area contributed by atoms with Crippen molar-refractivity contribution < 1.29 is 0 Å². The van der Waals surface area contributed by atoms with Crippen molar-refractivity contribution in [3.63, 3.8) is 0 Å². The summed E-state index contributed by atoms with van der Waals surface area (Å²) in [5.74, 6) is 2.13. The van der Waals surface area contributed by atoms with Crippen LogP contribution in [-0.2, 0) is 0 Å².